The molecular weight excluding hydrogens is 382 g/mol. The number of nitrogens with one attached hydrogen (secondary N) is 1. The number of carbonyl (C=O) groups is 3. The number of nitrogens with zero attached hydrogens (tertiary/aromatic N) is 2. The van der Waals surface area contributed by atoms with Gasteiger partial charge in [0.25, 0.3) is 0 Å². The molecule has 1 saturated heterocycles. The minimum Gasteiger partial charge on any atom is -0.497 e. The van der Waals surface area contributed by atoms with E-state index in [2.05, 4.69) is 5.32 Å². The Morgan fingerprint density at radius 3 is 2.43 bits per heavy atom. The third kappa shape index (κ3) is 3.87. The molecule has 2 aromatic carbocycles. The van der Waals surface area contributed by atoms with Crippen molar-refractivity contribution in [2.24, 2.45) is 5.92 Å². The second-order valence-corrected chi connectivity index (χ2v) is 7.65. The standard InChI is InChI=1S/C23H25N3O4/c1-30-18-13-11-16(12-14-18)24-21(27)15-25-20-10-6-5-9-19(20)22(28)26(23(25)29)17-7-3-2-4-8-17/h2-4,7-8,11-14,19-20H,5-6,9-10,15H2,1H3,(H,24,27). The lowest BCUT2D eigenvalue weighted by Crippen LogP contribution is -2.64. The van der Waals surface area contributed by atoms with Gasteiger partial charge in [-0.1, -0.05) is 31.0 Å². The zero-order valence-electron chi connectivity index (χ0n) is 16.9. The molecule has 0 spiro atoms. The first-order valence-electron chi connectivity index (χ1n) is 10.2. The highest BCUT2D eigenvalue weighted by Crippen LogP contribution is 2.36. The fraction of sp³-hybridized carbons (Fsp3) is 0.348. The van der Waals surface area contributed by atoms with Crippen molar-refractivity contribution >= 4 is 29.2 Å². The highest BCUT2D eigenvalue weighted by atomic mass is 16.5. The number of hydrogen-bond donors (Lipinski definition) is 1. The summed E-state index contributed by atoms with van der Waals surface area (Å²) in [5.74, 6) is -0.0328. The summed E-state index contributed by atoms with van der Waals surface area (Å²) in [4.78, 5) is 42.0. The summed E-state index contributed by atoms with van der Waals surface area (Å²) in [5.41, 5.74) is 1.17. The fourth-order valence-electron chi connectivity index (χ4n) is 4.33. The Labute approximate surface area is 175 Å². The van der Waals surface area contributed by atoms with Gasteiger partial charge < -0.3 is 15.0 Å². The highest BCUT2D eigenvalue weighted by Gasteiger charge is 2.47. The molecule has 7 nitrogen and oxygen atoms in total. The molecule has 2 fully saturated rings. The van der Waals surface area contributed by atoms with Gasteiger partial charge >= 0.3 is 6.03 Å². The quantitative estimate of drug-likeness (QED) is 0.820. The highest BCUT2D eigenvalue weighted by molar-refractivity contribution is 6.17. The Balaban J connectivity index is 1.55. The molecule has 30 heavy (non-hydrogen) atoms. The number of imide groups is 1. The number of ether oxygens (including phenoxy) is 1. The molecule has 1 heterocycles. The van der Waals surface area contributed by atoms with Crippen LogP contribution in [-0.4, -0.2) is 42.4 Å². The number of para-hydroxylation sites is 1. The van der Waals surface area contributed by atoms with E-state index < -0.39 is 6.03 Å². The van der Waals surface area contributed by atoms with Crippen molar-refractivity contribution in [2.75, 3.05) is 23.9 Å². The van der Waals surface area contributed by atoms with Gasteiger partial charge in [-0.2, -0.15) is 0 Å². The van der Waals surface area contributed by atoms with Gasteiger partial charge in [-0.3, -0.25) is 9.59 Å². The number of fused-ring (bicyclic) bond motifs is 1. The molecule has 1 N–H and O–H groups in total. The van der Waals surface area contributed by atoms with Crippen LogP contribution in [0.2, 0.25) is 0 Å². The lowest BCUT2D eigenvalue weighted by Gasteiger charge is -2.46. The van der Waals surface area contributed by atoms with Crippen LogP contribution in [0.1, 0.15) is 25.7 Å². The third-order valence-corrected chi connectivity index (χ3v) is 5.81. The molecule has 156 valence electrons. The van der Waals surface area contributed by atoms with E-state index in [1.807, 2.05) is 6.07 Å². The Morgan fingerprint density at radius 2 is 1.73 bits per heavy atom. The number of hydrogen-bond acceptors (Lipinski definition) is 4. The van der Waals surface area contributed by atoms with Crippen LogP contribution in [0.15, 0.2) is 54.6 Å². The van der Waals surface area contributed by atoms with Gasteiger partial charge in [0.05, 0.1) is 18.7 Å². The van der Waals surface area contributed by atoms with E-state index in [0.717, 1.165) is 25.7 Å². The van der Waals surface area contributed by atoms with E-state index in [4.69, 9.17) is 4.74 Å². The first kappa shape index (κ1) is 19.9. The Kier molecular flexibility index (Phi) is 5.70. The molecule has 2 aromatic rings. The minimum atomic E-state index is -0.431. The molecular formula is C23H25N3O4. The smallest absolute Gasteiger partial charge is 0.332 e. The van der Waals surface area contributed by atoms with Crippen LogP contribution in [0.5, 0.6) is 5.75 Å². The number of amides is 4. The average Bonchev–Trinajstić information content (AvgIpc) is 2.78. The van der Waals surface area contributed by atoms with Crippen molar-refractivity contribution in [2.45, 2.75) is 31.7 Å². The van der Waals surface area contributed by atoms with Gasteiger partial charge in [-0.05, 0) is 49.2 Å². The van der Waals surface area contributed by atoms with Crippen LogP contribution >= 0.6 is 0 Å². The van der Waals surface area contributed by atoms with Gasteiger partial charge in [0.15, 0.2) is 0 Å². The molecule has 4 rings (SSSR count). The second kappa shape index (κ2) is 8.57. The molecule has 4 amide bonds. The van der Waals surface area contributed by atoms with Crippen LogP contribution < -0.4 is 15.0 Å². The maximum absolute atomic E-state index is 13.3. The van der Waals surface area contributed by atoms with Crippen LogP contribution in [-0.2, 0) is 9.59 Å². The predicted octanol–water partition coefficient (Wildman–Crippen LogP) is 3.66. The first-order chi connectivity index (χ1) is 14.6. The summed E-state index contributed by atoms with van der Waals surface area (Å²) in [6.07, 6.45) is 3.37. The predicted molar refractivity (Wildman–Crippen MR) is 113 cm³/mol. The van der Waals surface area contributed by atoms with E-state index in [1.165, 1.54) is 4.90 Å². The largest absolute Gasteiger partial charge is 0.497 e. The van der Waals surface area contributed by atoms with Gasteiger partial charge in [0.2, 0.25) is 11.8 Å². The maximum Gasteiger partial charge on any atom is 0.332 e. The van der Waals surface area contributed by atoms with E-state index in [0.29, 0.717) is 17.1 Å². The zero-order valence-corrected chi connectivity index (χ0v) is 16.9. The molecule has 0 bridgehead atoms. The SMILES string of the molecule is COc1ccc(NC(=O)CN2C(=O)N(c3ccccc3)C(=O)C3CCCCC32)cc1. The minimum absolute atomic E-state index is 0.0946. The van der Waals surface area contributed by atoms with Crippen LogP contribution in [0.4, 0.5) is 16.2 Å². The molecule has 0 radical (unpaired) electrons. The van der Waals surface area contributed by atoms with Crippen molar-refractivity contribution in [1.29, 1.82) is 0 Å². The Hall–Kier alpha value is -3.35. The summed E-state index contributed by atoms with van der Waals surface area (Å²) >= 11 is 0. The van der Waals surface area contributed by atoms with E-state index >= 15 is 0 Å². The zero-order chi connectivity index (χ0) is 21.1. The lowest BCUT2D eigenvalue weighted by molar-refractivity contribution is -0.128. The van der Waals surface area contributed by atoms with Crippen molar-refractivity contribution in [3.05, 3.63) is 54.6 Å². The van der Waals surface area contributed by atoms with Crippen molar-refractivity contribution < 1.29 is 19.1 Å². The molecule has 2 atom stereocenters. The second-order valence-electron chi connectivity index (χ2n) is 7.65. The Morgan fingerprint density at radius 1 is 1.03 bits per heavy atom. The van der Waals surface area contributed by atoms with Crippen molar-refractivity contribution in [3.8, 4) is 5.75 Å². The molecule has 2 aliphatic rings. The summed E-state index contributed by atoms with van der Waals surface area (Å²) in [5, 5.41) is 2.83. The Bertz CT molecular complexity index is 929. The van der Waals surface area contributed by atoms with Gasteiger partial charge in [-0.25, -0.2) is 9.69 Å². The van der Waals surface area contributed by atoms with Crippen LogP contribution in [0.3, 0.4) is 0 Å². The normalized spacial score (nSPS) is 21.2. The van der Waals surface area contributed by atoms with Crippen LogP contribution in [0, 0.1) is 5.92 Å². The lowest BCUT2D eigenvalue weighted by atomic mass is 9.81. The van der Waals surface area contributed by atoms with Crippen molar-refractivity contribution in [3.63, 3.8) is 0 Å². The molecule has 0 aromatic heterocycles. The number of methoxy groups -OCH3 is 1. The first-order valence-corrected chi connectivity index (χ1v) is 10.2. The van der Waals surface area contributed by atoms with Crippen molar-refractivity contribution in [1.82, 2.24) is 4.90 Å². The summed E-state index contributed by atoms with van der Waals surface area (Å²) in [6.45, 7) is -0.0946. The van der Waals surface area contributed by atoms with E-state index in [1.54, 1.807) is 60.5 Å². The number of carbonyl (C=O) groups excluding carboxylic acids is 3. The third-order valence-electron chi connectivity index (χ3n) is 5.81. The monoisotopic (exact) mass is 407 g/mol. The molecule has 1 saturated carbocycles. The summed E-state index contributed by atoms with van der Waals surface area (Å²) in [7, 11) is 1.58. The van der Waals surface area contributed by atoms with Gasteiger partial charge in [0, 0.05) is 11.7 Å². The van der Waals surface area contributed by atoms with Gasteiger partial charge in [0.1, 0.15) is 12.3 Å². The van der Waals surface area contributed by atoms with Crippen LogP contribution in [0.25, 0.3) is 0 Å². The molecule has 2 unspecified atom stereocenters. The van der Waals surface area contributed by atoms with Gasteiger partial charge in [-0.15, -0.1) is 0 Å². The number of anilines is 2. The van der Waals surface area contributed by atoms with E-state index in [9.17, 15) is 14.4 Å². The fourth-order valence-corrected chi connectivity index (χ4v) is 4.33. The summed E-state index contributed by atoms with van der Waals surface area (Å²) in [6, 6.07) is 15.3. The topological polar surface area (TPSA) is 79.0 Å². The number of benzene rings is 2. The molecule has 1 aliphatic carbocycles. The molecule has 1 aliphatic heterocycles. The number of rotatable bonds is 5. The number of urea groups is 1. The molecule has 7 heteroatoms. The summed E-state index contributed by atoms with van der Waals surface area (Å²) < 4.78 is 5.13. The van der Waals surface area contributed by atoms with E-state index in [-0.39, 0.29) is 30.3 Å². The average molecular weight is 407 g/mol. The maximum atomic E-state index is 13.3.